The van der Waals surface area contributed by atoms with Crippen molar-refractivity contribution in [1.29, 1.82) is 0 Å². The fourth-order valence-electron chi connectivity index (χ4n) is 1.97. The van der Waals surface area contributed by atoms with E-state index in [1.807, 2.05) is 6.92 Å². The number of rotatable bonds is 9. The molecule has 0 saturated heterocycles. The van der Waals surface area contributed by atoms with E-state index in [-0.39, 0.29) is 18.3 Å². The highest BCUT2D eigenvalue weighted by Gasteiger charge is 2.27. The van der Waals surface area contributed by atoms with Crippen LogP contribution in [0, 0.1) is 11.7 Å². The minimum absolute atomic E-state index is 0.0214. The van der Waals surface area contributed by atoms with Crippen molar-refractivity contribution in [3.05, 3.63) is 35.6 Å². The summed E-state index contributed by atoms with van der Waals surface area (Å²) in [4.78, 5) is 0. The molecule has 1 aromatic rings. The lowest BCUT2D eigenvalue weighted by atomic mass is 10.00. The van der Waals surface area contributed by atoms with Crippen molar-refractivity contribution in [2.75, 3.05) is 26.3 Å². The number of benzene rings is 1. The highest BCUT2D eigenvalue weighted by molar-refractivity contribution is 5.16. The van der Waals surface area contributed by atoms with Gasteiger partial charge in [-0.15, -0.1) is 0 Å². The van der Waals surface area contributed by atoms with Crippen LogP contribution in [-0.2, 0) is 11.2 Å². The average molecular weight is 307 g/mol. The van der Waals surface area contributed by atoms with E-state index in [2.05, 4.69) is 5.32 Å². The van der Waals surface area contributed by atoms with Crippen molar-refractivity contribution in [2.24, 2.45) is 5.92 Å². The molecular formula is C15H21F4NO. The zero-order valence-corrected chi connectivity index (χ0v) is 12.0. The van der Waals surface area contributed by atoms with Crippen LogP contribution >= 0.6 is 0 Å². The van der Waals surface area contributed by atoms with E-state index in [4.69, 9.17) is 4.74 Å². The Labute approximate surface area is 122 Å². The zero-order valence-electron chi connectivity index (χ0n) is 12.0. The molecule has 120 valence electrons. The van der Waals surface area contributed by atoms with Crippen LogP contribution in [0.5, 0.6) is 0 Å². The minimum Gasteiger partial charge on any atom is -0.372 e. The number of alkyl halides is 3. The lowest BCUT2D eigenvalue weighted by Gasteiger charge is -2.18. The first kappa shape index (κ1) is 17.9. The van der Waals surface area contributed by atoms with Crippen molar-refractivity contribution in [2.45, 2.75) is 25.9 Å². The molecule has 0 fully saturated rings. The summed E-state index contributed by atoms with van der Waals surface area (Å²) in [6, 6.07) is 5.99. The van der Waals surface area contributed by atoms with E-state index < -0.39 is 12.8 Å². The van der Waals surface area contributed by atoms with Gasteiger partial charge in [0.1, 0.15) is 12.4 Å². The highest BCUT2D eigenvalue weighted by atomic mass is 19.4. The Kier molecular flexibility index (Phi) is 7.67. The van der Waals surface area contributed by atoms with Crippen molar-refractivity contribution < 1.29 is 22.3 Å². The molecule has 0 bridgehead atoms. The maximum Gasteiger partial charge on any atom is 0.411 e. The second-order valence-electron chi connectivity index (χ2n) is 5.03. The lowest BCUT2D eigenvalue weighted by molar-refractivity contribution is -0.176. The van der Waals surface area contributed by atoms with E-state index >= 15 is 0 Å². The summed E-state index contributed by atoms with van der Waals surface area (Å²) in [6.45, 7) is 2.18. The summed E-state index contributed by atoms with van der Waals surface area (Å²) >= 11 is 0. The molecule has 1 N–H and O–H groups in total. The van der Waals surface area contributed by atoms with Crippen LogP contribution in [0.25, 0.3) is 0 Å². The molecule has 21 heavy (non-hydrogen) atoms. The summed E-state index contributed by atoms with van der Waals surface area (Å²) < 4.78 is 53.9. The molecule has 0 aliphatic carbocycles. The van der Waals surface area contributed by atoms with Crippen LogP contribution in [-0.4, -0.2) is 32.5 Å². The van der Waals surface area contributed by atoms with Crippen molar-refractivity contribution in [3.63, 3.8) is 0 Å². The normalized spacial score (nSPS) is 13.4. The van der Waals surface area contributed by atoms with Gasteiger partial charge in [-0.1, -0.05) is 19.1 Å². The predicted octanol–water partition coefficient (Wildman–Crippen LogP) is 3.56. The molecule has 0 aromatic heterocycles. The SMILES string of the molecule is CCCNCC(COCC(F)(F)F)Cc1ccc(F)cc1. The molecule has 0 saturated carbocycles. The molecule has 1 unspecified atom stereocenters. The summed E-state index contributed by atoms with van der Waals surface area (Å²) in [5.41, 5.74) is 0.885. The van der Waals surface area contributed by atoms with Crippen molar-refractivity contribution in [3.8, 4) is 0 Å². The van der Waals surface area contributed by atoms with Crippen LogP contribution in [0.4, 0.5) is 17.6 Å². The van der Waals surface area contributed by atoms with Crippen LogP contribution < -0.4 is 5.32 Å². The van der Waals surface area contributed by atoms with Crippen LogP contribution in [0.3, 0.4) is 0 Å². The Balaban J connectivity index is 2.48. The van der Waals surface area contributed by atoms with Gasteiger partial charge in [-0.3, -0.25) is 0 Å². The zero-order chi connectivity index (χ0) is 15.7. The summed E-state index contributed by atoms with van der Waals surface area (Å²) in [7, 11) is 0. The molecule has 0 aliphatic rings. The highest BCUT2D eigenvalue weighted by Crippen LogP contribution is 2.16. The Morgan fingerprint density at radius 1 is 1.19 bits per heavy atom. The quantitative estimate of drug-likeness (QED) is 0.556. The van der Waals surface area contributed by atoms with Gasteiger partial charge in [0.05, 0.1) is 6.61 Å². The van der Waals surface area contributed by atoms with E-state index in [0.29, 0.717) is 13.0 Å². The number of halogens is 4. The minimum atomic E-state index is -4.31. The predicted molar refractivity (Wildman–Crippen MR) is 73.6 cm³/mol. The summed E-state index contributed by atoms with van der Waals surface area (Å²) in [5, 5.41) is 3.18. The van der Waals surface area contributed by atoms with Gasteiger partial charge in [0, 0.05) is 6.54 Å². The molecule has 0 spiro atoms. The number of hydrogen-bond acceptors (Lipinski definition) is 2. The van der Waals surface area contributed by atoms with Gasteiger partial charge in [-0.25, -0.2) is 4.39 Å². The van der Waals surface area contributed by atoms with Crippen LogP contribution in [0.2, 0.25) is 0 Å². The fraction of sp³-hybridized carbons (Fsp3) is 0.600. The Morgan fingerprint density at radius 3 is 2.43 bits per heavy atom. The lowest BCUT2D eigenvalue weighted by Crippen LogP contribution is -2.30. The van der Waals surface area contributed by atoms with Gasteiger partial charge in [-0.05, 0) is 43.0 Å². The fourth-order valence-corrected chi connectivity index (χ4v) is 1.97. The van der Waals surface area contributed by atoms with Gasteiger partial charge in [-0.2, -0.15) is 13.2 Å². The second kappa shape index (κ2) is 9.00. The summed E-state index contributed by atoms with van der Waals surface area (Å²) in [5.74, 6) is -0.405. The molecule has 1 rings (SSSR count). The van der Waals surface area contributed by atoms with E-state index in [1.54, 1.807) is 12.1 Å². The maximum atomic E-state index is 12.8. The number of hydrogen-bond donors (Lipinski definition) is 1. The Hall–Kier alpha value is -1.14. The molecule has 0 radical (unpaired) electrons. The molecule has 6 heteroatoms. The van der Waals surface area contributed by atoms with Gasteiger partial charge in [0.25, 0.3) is 0 Å². The van der Waals surface area contributed by atoms with Crippen molar-refractivity contribution in [1.82, 2.24) is 5.32 Å². The first-order valence-electron chi connectivity index (χ1n) is 7.00. The van der Waals surface area contributed by atoms with Crippen LogP contribution in [0.15, 0.2) is 24.3 Å². The molecule has 1 atom stereocenters. The van der Waals surface area contributed by atoms with Gasteiger partial charge < -0.3 is 10.1 Å². The molecule has 2 nitrogen and oxygen atoms in total. The maximum absolute atomic E-state index is 12.8. The molecule has 0 aliphatic heterocycles. The molecule has 0 heterocycles. The smallest absolute Gasteiger partial charge is 0.372 e. The van der Waals surface area contributed by atoms with Gasteiger partial charge in [0.15, 0.2) is 0 Å². The largest absolute Gasteiger partial charge is 0.411 e. The first-order chi connectivity index (χ1) is 9.90. The number of ether oxygens (including phenoxy) is 1. The van der Waals surface area contributed by atoms with E-state index in [9.17, 15) is 17.6 Å². The second-order valence-corrected chi connectivity index (χ2v) is 5.03. The molecule has 0 amide bonds. The monoisotopic (exact) mass is 307 g/mol. The van der Waals surface area contributed by atoms with E-state index in [0.717, 1.165) is 18.5 Å². The first-order valence-corrected chi connectivity index (χ1v) is 7.00. The Morgan fingerprint density at radius 2 is 1.86 bits per heavy atom. The topological polar surface area (TPSA) is 21.3 Å². The third kappa shape index (κ3) is 8.67. The third-order valence-corrected chi connectivity index (χ3v) is 2.92. The standard InChI is InChI=1S/C15H21F4NO/c1-2-7-20-9-13(10-21-11-15(17,18)19)8-12-3-5-14(16)6-4-12/h3-6,13,20H,2,7-11H2,1H3. The summed E-state index contributed by atoms with van der Waals surface area (Å²) in [6.07, 6.45) is -2.81. The van der Waals surface area contributed by atoms with Gasteiger partial charge in [0.2, 0.25) is 0 Å². The van der Waals surface area contributed by atoms with Gasteiger partial charge >= 0.3 is 6.18 Å². The third-order valence-electron chi connectivity index (χ3n) is 2.92. The average Bonchev–Trinajstić information content (AvgIpc) is 2.40. The van der Waals surface area contributed by atoms with Crippen LogP contribution in [0.1, 0.15) is 18.9 Å². The number of nitrogens with one attached hydrogen (secondary N) is 1. The Bertz CT molecular complexity index is 392. The molecule has 1 aromatic carbocycles. The molecular weight excluding hydrogens is 286 g/mol. The van der Waals surface area contributed by atoms with E-state index in [1.165, 1.54) is 12.1 Å². The van der Waals surface area contributed by atoms with Crippen molar-refractivity contribution >= 4 is 0 Å².